The molecule has 0 spiro atoms. The summed E-state index contributed by atoms with van der Waals surface area (Å²) in [6, 6.07) is 11.9. The largest absolute Gasteiger partial charge is 0.374 e. The standard InChI is InChI=1S/C21H23Cl2N3O/c1-20(2)14-8-7-13(11-17(14)26(3)19(20)27)25-21(9-10-24-12-21)15-5-4-6-16(22)18(15)23/h4-8,11,24-25H,9-10,12H2,1-3H3. The van der Waals surface area contributed by atoms with E-state index in [0.717, 1.165) is 42.0 Å². The van der Waals surface area contributed by atoms with Crippen LogP contribution in [0.2, 0.25) is 10.0 Å². The maximum absolute atomic E-state index is 12.6. The predicted octanol–water partition coefficient (Wildman–Crippen LogP) is 4.55. The van der Waals surface area contributed by atoms with Crippen molar-refractivity contribution in [3.8, 4) is 0 Å². The smallest absolute Gasteiger partial charge is 0.236 e. The predicted molar refractivity (Wildman–Crippen MR) is 112 cm³/mol. The topological polar surface area (TPSA) is 44.4 Å². The number of rotatable bonds is 3. The van der Waals surface area contributed by atoms with Crippen molar-refractivity contribution in [3.63, 3.8) is 0 Å². The molecule has 2 N–H and O–H groups in total. The highest BCUT2D eigenvalue weighted by molar-refractivity contribution is 6.42. The lowest BCUT2D eigenvalue weighted by molar-refractivity contribution is -0.121. The third-order valence-electron chi connectivity index (χ3n) is 5.88. The molecule has 0 aromatic heterocycles. The van der Waals surface area contributed by atoms with Gasteiger partial charge in [0.05, 0.1) is 21.0 Å². The first-order valence-electron chi connectivity index (χ1n) is 9.12. The fourth-order valence-electron chi connectivity index (χ4n) is 4.30. The van der Waals surface area contributed by atoms with E-state index in [9.17, 15) is 4.79 Å². The Morgan fingerprint density at radius 2 is 1.93 bits per heavy atom. The third kappa shape index (κ3) is 2.82. The lowest BCUT2D eigenvalue weighted by Crippen LogP contribution is -2.38. The number of nitrogens with zero attached hydrogens (tertiary/aromatic N) is 1. The van der Waals surface area contributed by atoms with Crippen LogP contribution < -0.4 is 15.5 Å². The van der Waals surface area contributed by atoms with Gasteiger partial charge < -0.3 is 15.5 Å². The number of carbonyl (C=O) groups excluding carboxylic acids is 1. The summed E-state index contributed by atoms with van der Waals surface area (Å²) in [6.45, 7) is 5.59. The van der Waals surface area contributed by atoms with Gasteiger partial charge in [-0.1, -0.05) is 41.4 Å². The highest BCUT2D eigenvalue weighted by atomic mass is 35.5. The van der Waals surface area contributed by atoms with Gasteiger partial charge in [-0.25, -0.2) is 0 Å². The summed E-state index contributed by atoms with van der Waals surface area (Å²) in [7, 11) is 1.83. The van der Waals surface area contributed by atoms with Crippen molar-refractivity contribution >= 4 is 40.5 Å². The van der Waals surface area contributed by atoms with Crippen LogP contribution in [-0.4, -0.2) is 26.0 Å². The van der Waals surface area contributed by atoms with Crippen LogP contribution in [0, 0.1) is 0 Å². The summed E-state index contributed by atoms with van der Waals surface area (Å²) in [4.78, 5) is 14.3. The number of benzene rings is 2. The molecule has 4 rings (SSSR count). The Morgan fingerprint density at radius 3 is 2.63 bits per heavy atom. The van der Waals surface area contributed by atoms with Crippen molar-refractivity contribution < 1.29 is 4.79 Å². The number of anilines is 2. The Hall–Kier alpha value is -1.75. The average Bonchev–Trinajstić information content (AvgIpc) is 3.17. The molecule has 2 aliphatic heterocycles. The summed E-state index contributed by atoms with van der Waals surface area (Å²) in [5.74, 6) is 0.116. The molecule has 142 valence electrons. The number of hydrogen-bond acceptors (Lipinski definition) is 3. The van der Waals surface area contributed by atoms with Crippen LogP contribution in [0.5, 0.6) is 0 Å². The Bertz CT molecular complexity index is 920. The van der Waals surface area contributed by atoms with Crippen LogP contribution in [0.4, 0.5) is 11.4 Å². The van der Waals surface area contributed by atoms with Gasteiger partial charge in [0.2, 0.25) is 5.91 Å². The fraction of sp³-hybridized carbons (Fsp3) is 0.381. The molecule has 1 fully saturated rings. The molecule has 0 radical (unpaired) electrons. The van der Waals surface area contributed by atoms with Gasteiger partial charge in [0.15, 0.2) is 0 Å². The third-order valence-corrected chi connectivity index (χ3v) is 6.70. The highest BCUT2D eigenvalue weighted by Gasteiger charge is 2.43. The van der Waals surface area contributed by atoms with Crippen LogP contribution in [0.25, 0.3) is 0 Å². The van der Waals surface area contributed by atoms with Gasteiger partial charge in [0.25, 0.3) is 0 Å². The van der Waals surface area contributed by atoms with E-state index < -0.39 is 5.41 Å². The highest BCUT2D eigenvalue weighted by Crippen LogP contribution is 2.44. The number of halogens is 2. The van der Waals surface area contributed by atoms with E-state index in [0.29, 0.717) is 10.0 Å². The molecule has 1 amide bonds. The molecule has 0 bridgehead atoms. The van der Waals surface area contributed by atoms with Crippen molar-refractivity contribution in [1.82, 2.24) is 5.32 Å². The molecule has 4 nitrogen and oxygen atoms in total. The first kappa shape index (κ1) is 18.6. The molecule has 0 aliphatic carbocycles. The summed E-state index contributed by atoms with van der Waals surface area (Å²) >= 11 is 12.8. The Labute approximate surface area is 169 Å². The summed E-state index contributed by atoms with van der Waals surface area (Å²) < 4.78 is 0. The average molecular weight is 404 g/mol. The Morgan fingerprint density at radius 1 is 1.15 bits per heavy atom. The van der Waals surface area contributed by atoms with E-state index in [4.69, 9.17) is 23.2 Å². The summed E-state index contributed by atoms with van der Waals surface area (Å²) in [5, 5.41) is 8.27. The maximum atomic E-state index is 12.6. The second kappa shape index (κ2) is 6.40. The maximum Gasteiger partial charge on any atom is 0.236 e. The zero-order chi connectivity index (χ0) is 19.4. The van der Waals surface area contributed by atoms with Crippen molar-refractivity contribution in [2.75, 3.05) is 30.4 Å². The van der Waals surface area contributed by atoms with Crippen LogP contribution in [-0.2, 0) is 15.7 Å². The van der Waals surface area contributed by atoms with E-state index >= 15 is 0 Å². The molecular weight excluding hydrogens is 381 g/mol. The number of carbonyl (C=O) groups is 1. The fourth-order valence-corrected chi connectivity index (χ4v) is 4.79. The monoisotopic (exact) mass is 403 g/mol. The van der Waals surface area contributed by atoms with Gasteiger partial charge in [0.1, 0.15) is 0 Å². The van der Waals surface area contributed by atoms with Gasteiger partial charge in [-0.3, -0.25) is 4.79 Å². The van der Waals surface area contributed by atoms with Crippen LogP contribution >= 0.6 is 23.2 Å². The van der Waals surface area contributed by atoms with Gasteiger partial charge in [0, 0.05) is 25.0 Å². The minimum atomic E-state index is -0.495. The molecule has 2 heterocycles. The van der Waals surface area contributed by atoms with Crippen LogP contribution in [0.15, 0.2) is 36.4 Å². The van der Waals surface area contributed by atoms with Crippen molar-refractivity contribution in [2.24, 2.45) is 0 Å². The molecule has 27 heavy (non-hydrogen) atoms. The van der Waals surface area contributed by atoms with Crippen molar-refractivity contribution in [1.29, 1.82) is 0 Å². The van der Waals surface area contributed by atoms with Gasteiger partial charge in [-0.15, -0.1) is 0 Å². The van der Waals surface area contributed by atoms with Crippen LogP contribution in [0.1, 0.15) is 31.4 Å². The summed E-state index contributed by atoms with van der Waals surface area (Å²) in [6.07, 6.45) is 0.893. The normalized spacial score (nSPS) is 23.6. The lowest BCUT2D eigenvalue weighted by Gasteiger charge is -2.33. The molecule has 1 saturated heterocycles. The summed E-state index contributed by atoms with van der Waals surface area (Å²) in [5.41, 5.74) is 3.13. The van der Waals surface area contributed by atoms with E-state index in [-0.39, 0.29) is 11.4 Å². The first-order valence-corrected chi connectivity index (χ1v) is 9.88. The molecule has 2 aromatic rings. The molecule has 2 aliphatic rings. The second-order valence-corrected chi connectivity index (χ2v) is 8.74. The molecular formula is C21H23Cl2N3O. The minimum Gasteiger partial charge on any atom is -0.374 e. The molecule has 2 aromatic carbocycles. The molecule has 1 atom stereocenters. The first-order chi connectivity index (χ1) is 12.8. The van der Waals surface area contributed by atoms with Crippen molar-refractivity contribution in [2.45, 2.75) is 31.2 Å². The number of fused-ring (bicyclic) bond motifs is 1. The Kier molecular flexibility index (Phi) is 4.41. The van der Waals surface area contributed by atoms with E-state index in [2.05, 4.69) is 22.8 Å². The lowest BCUT2D eigenvalue weighted by atomic mass is 9.85. The number of amides is 1. The van der Waals surface area contributed by atoms with Gasteiger partial charge >= 0.3 is 0 Å². The SMILES string of the molecule is CN1C(=O)C(C)(C)c2ccc(NC3(c4cccc(Cl)c4Cl)CCNC3)cc21. The van der Waals surface area contributed by atoms with Crippen LogP contribution in [0.3, 0.4) is 0 Å². The zero-order valence-electron chi connectivity index (χ0n) is 15.7. The van der Waals surface area contributed by atoms with E-state index in [1.165, 1.54) is 0 Å². The number of likely N-dealkylation sites (N-methyl/N-ethyl adjacent to an activating group) is 1. The van der Waals surface area contributed by atoms with Gasteiger partial charge in [-0.2, -0.15) is 0 Å². The number of hydrogen-bond donors (Lipinski definition) is 2. The van der Waals surface area contributed by atoms with E-state index in [1.807, 2.05) is 45.2 Å². The number of nitrogens with one attached hydrogen (secondary N) is 2. The van der Waals surface area contributed by atoms with E-state index in [1.54, 1.807) is 4.90 Å². The second-order valence-electron chi connectivity index (χ2n) is 7.96. The van der Waals surface area contributed by atoms with Gasteiger partial charge in [-0.05, 0) is 56.1 Å². The molecule has 6 heteroatoms. The quantitative estimate of drug-likeness (QED) is 0.789. The van der Waals surface area contributed by atoms with Crippen molar-refractivity contribution in [3.05, 3.63) is 57.6 Å². The molecule has 1 unspecified atom stereocenters. The molecule has 0 saturated carbocycles. The zero-order valence-corrected chi connectivity index (χ0v) is 17.2. The Balaban J connectivity index is 1.75. The minimum absolute atomic E-state index is 0.116.